The number of carboxylic acid groups (broad SMARTS) is 1. The summed E-state index contributed by atoms with van der Waals surface area (Å²) in [7, 11) is 0. The third-order valence-corrected chi connectivity index (χ3v) is 8.65. The Morgan fingerprint density at radius 3 is 2.13 bits per heavy atom. The van der Waals surface area contributed by atoms with E-state index >= 15 is 0 Å². The molecule has 2 aromatic heterocycles. The first-order valence-electron chi connectivity index (χ1n) is 12.5. The molecule has 196 valence electrons. The molecule has 8 heteroatoms. The Labute approximate surface area is 235 Å². The van der Waals surface area contributed by atoms with Gasteiger partial charge in [-0.05, 0) is 30.5 Å². The van der Waals surface area contributed by atoms with E-state index in [2.05, 4.69) is 4.98 Å². The van der Waals surface area contributed by atoms with E-state index in [1.807, 2.05) is 110 Å². The topological polar surface area (TPSA) is 83.4 Å². The summed E-state index contributed by atoms with van der Waals surface area (Å²) in [4.78, 5) is 38.2. The number of hydrogen-bond donors (Lipinski definition) is 1. The van der Waals surface area contributed by atoms with Gasteiger partial charge in [-0.2, -0.15) is 0 Å². The number of amides is 1. The molecular formula is C31H27N3O3S2. The van der Waals surface area contributed by atoms with Crippen LogP contribution >= 0.6 is 22.7 Å². The molecule has 5 rings (SSSR count). The van der Waals surface area contributed by atoms with Crippen molar-refractivity contribution >= 4 is 34.6 Å². The first-order chi connectivity index (χ1) is 18.9. The zero-order valence-corrected chi connectivity index (χ0v) is 23.2. The number of benzene rings is 3. The lowest BCUT2D eigenvalue weighted by Gasteiger charge is -2.34. The molecular weight excluding hydrogens is 526 g/mol. The first kappa shape index (κ1) is 26.5. The molecule has 6 nitrogen and oxygen atoms in total. The Bertz CT molecular complexity index is 1570. The summed E-state index contributed by atoms with van der Waals surface area (Å²) in [6, 6.07) is 29.2. The van der Waals surface area contributed by atoms with Gasteiger partial charge in [0.1, 0.15) is 15.6 Å². The molecule has 0 radical (unpaired) electrons. The van der Waals surface area contributed by atoms with Crippen LogP contribution in [0.3, 0.4) is 0 Å². The van der Waals surface area contributed by atoms with Crippen molar-refractivity contribution in [1.29, 1.82) is 0 Å². The van der Waals surface area contributed by atoms with Crippen molar-refractivity contribution < 1.29 is 14.7 Å². The van der Waals surface area contributed by atoms with Gasteiger partial charge >= 0.3 is 5.97 Å². The van der Waals surface area contributed by atoms with Crippen molar-refractivity contribution in [2.75, 3.05) is 0 Å². The van der Waals surface area contributed by atoms with Crippen LogP contribution in [0.1, 0.15) is 54.1 Å². The van der Waals surface area contributed by atoms with Gasteiger partial charge in [0.15, 0.2) is 0 Å². The molecule has 3 aromatic carbocycles. The van der Waals surface area contributed by atoms with Gasteiger partial charge in [0, 0.05) is 12.6 Å². The normalized spacial score (nSPS) is 12.6. The van der Waals surface area contributed by atoms with Crippen LogP contribution in [0, 0.1) is 6.92 Å². The number of nitrogens with zero attached hydrogens (tertiary/aromatic N) is 3. The summed E-state index contributed by atoms with van der Waals surface area (Å²) in [5, 5.41) is 11.0. The minimum Gasteiger partial charge on any atom is -0.477 e. The second-order valence-electron chi connectivity index (χ2n) is 9.19. The fourth-order valence-corrected chi connectivity index (χ4v) is 6.57. The predicted octanol–water partition coefficient (Wildman–Crippen LogP) is 7.14. The van der Waals surface area contributed by atoms with Crippen LogP contribution in [0.2, 0.25) is 0 Å². The van der Waals surface area contributed by atoms with Crippen LogP contribution in [0.15, 0.2) is 97.2 Å². The number of aromatic carboxylic acids is 1. The second kappa shape index (κ2) is 11.7. The van der Waals surface area contributed by atoms with E-state index < -0.39 is 5.97 Å². The lowest BCUT2D eigenvalue weighted by molar-refractivity contribution is 0.0653. The van der Waals surface area contributed by atoms with Crippen LogP contribution < -0.4 is 0 Å². The summed E-state index contributed by atoms with van der Waals surface area (Å²) in [6.45, 7) is 4.28. The number of aromatic nitrogens is 2. The van der Waals surface area contributed by atoms with Crippen molar-refractivity contribution in [3.05, 3.63) is 129 Å². The van der Waals surface area contributed by atoms with E-state index in [1.165, 1.54) is 17.5 Å². The second-order valence-corrected chi connectivity index (χ2v) is 11.5. The molecule has 0 aliphatic rings. The highest BCUT2D eigenvalue weighted by atomic mass is 32.1. The number of thiazole rings is 2. The average molecular weight is 554 g/mol. The fraction of sp³-hybridized carbons (Fsp3) is 0.161. The molecule has 2 atom stereocenters. The number of rotatable bonds is 9. The number of carbonyl (C=O) groups excluding carboxylic acids is 1. The summed E-state index contributed by atoms with van der Waals surface area (Å²) < 4.78 is 0. The molecule has 2 heterocycles. The molecule has 0 spiro atoms. The Kier molecular flexibility index (Phi) is 7.95. The van der Waals surface area contributed by atoms with E-state index in [4.69, 9.17) is 4.98 Å². The van der Waals surface area contributed by atoms with E-state index in [9.17, 15) is 14.7 Å². The molecule has 0 saturated heterocycles. The lowest BCUT2D eigenvalue weighted by atomic mass is 9.91. The lowest BCUT2D eigenvalue weighted by Crippen LogP contribution is -2.42. The van der Waals surface area contributed by atoms with Crippen molar-refractivity contribution in [3.8, 4) is 10.4 Å². The third-order valence-electron chi connectivity index (χ3n) is 6.56. The molecule has 5 aromatic rings. The average Bonchev–Trinajstić information content (AvgIpc) is 3.60. The SMILES string of the molecule is Cc1nc(C(=O)N(Cc2ccccc2)C(C)C(c2ccccc2)c2ncc(C(=O)O)s2)c(-c2ccccc2)s1. The Hall–Kier alpha value is -4.14. The summed E-state index contributed by atoms with van der Waals surface area (Å²) >= 11 is 2.65. The van der Waals surface area contributed by atoms with Gasteiger partial charge in [0.25, 0.3) is 5.91 Å². The maximum atomic E-state index is 14.4. The molecule has 39 heavy (non-hydrogen) atoms. The molecule has 0 aliphatic carbocycles. The Morgan fingerprint density at radius 1 is 0.897 bits per heavy atom. The Balaban J connectivity index is 1.61. The highest BCUT2D eigenvalue weighted by molar-refractivity contribution is 7.15. The summed E-state index contributed by atoms with van der Waals surface area (Å²) in [5.41, 5.74) is 3.32. The van der Waals surface area contributed by atoms with Gasteiger partial charge < -0.3 is 10.0 Å². The number of aryl methyl sites for hydroxylation is 1. The molecule has 0 saturated carbocycles. The van der Waals surface area contributed by atoms with E-state index in [-0.39, 0.29) is 22.7 Å². The zero-order valence-electron chi connectivity index (χ0n) is 21.5. The molecule has 1 N–H and O–H groups in total. The molecule has 0 bridgehead atoms. The smallest absolute Gasteiger partial charge is 0.347 e. The van der Waals surface area contributed by atoms with Crippen LogP contribution in [-0.2, 0) is 6.54 Å². The van der Waals surface area contributed by atoms with Gasteiger partial charge in [-0.3, -0.25) is 4.79 Å². The van der Waals surface area contributed by atoms with Crippen molar-refractivity contribution in [2.45, 2.75) is 32.4 Å². The largest absolute Gasteiger partial charge is 0.477 e. The predicted molar refractivity (Wildman–Crippen MR) is 155 cm³/mol. The number of hydrogen-bond acceptors (Lipinski definition) is 6. The summed E-state index contributed by atoms with van der Waals surface area (Å²) in [5.74, 6) is -1.52. The Morgan fingerprint density at radius 2 is 1.51 bits per heavy atom. The standard InChI is InChI=1S/C31H27N3O3S2/c1-20(26(23-14-8-4-9-15-23)29-32-18-25(39-29)31(36)37)34(19-22-12-6-3-7-13-22)30(35)27-28(38-21(2)33-27)24-16-10-5-11-17-24/h3-18,20,26H,19H2,1-2H3,(H,36,37). The molecule has 0 fully saturated rings. The fourth-order valence-electron chi connectivity index (χ4n) is 4.67. The van der Waals surface area contributed by atoms with Crippen LogP contribution in [0.4, 0.5) is 0 Å². The first-order valence-corrected chi connectivity index (χ1v) is 14.2. The van der Waals surface area contributed by atoms with Crippen LogP contribution in [0.5, 0.6) is 0 Å². The van der Waals surface area contributed by atoms with E-state index in [0.29, 0.717) is 17.2 Å². The van der Waals surface area contributed by atoms with Gasteiger partial charge in [-0.25, -0.2) is 14.8 Å². The van der Waals surface area contributed by atoms with Crippen molar-refractivity contribution in [2.24, 2.45) is 0 Å². The molecule has 1 amide bonds. The van der Waals surface area contributed by atoms with Crippen LogP contribution in [0.25, 0.3) is 10.4 Å². The quantitative estimate of drug-likeness (QED) is 0.210. The highest BCUT2D eigenvalue weighted by Crippen LogP contribution is 2.37. The third kappa shape index (κ3) is 5.82. The monoisotopic (exact) mass is 553 g/mol. The van der Waals surface area contributed by atoms with Gasteiger partial charge in [-0.15, -0.1) is 22.7 Å². The molecule has 0 aliphatic heterocycles. The van der Waals surface area contributed by atoms with E-state index in [0.717, 1.165) is 37.9 Å². The van der Waals surface area contributed by atoms with E-state index in [1.54, 1.807) is 0 Å². The zero-order chi connectivity index (χ0) is 27.4. The van der Waals surface area contributed by atoms with Crippen molar-refractivity contribution in [3.63, 3.8) is 0 Å². The van der Waals surface area contributed by atoms with Crippen molar-refractivity contribution in [1.82, 2.24) is 14.9 Å². The number of carbonyl (C=O) groups is 2. The molecule has 2 unspecified atom stereocenters. The highest BCUT2D eigenvalue weighted by Gasteiger charge is 2.34. The maximum Gasteiger partial charge on any atom is 0.347 e. The summed E-state index contributed by atoms with van der Waals surface area (Å²) in [6.07, 6.45) is 1.39. The van der Waals surface area contributed by atoms with Gasteiger partial charge in [-0.1, -0.05) is 91.0 Å². The van der Waals surface area contributed by atoms with Crippen LogP contribution in [-0.4, -0.2) is 37.9 Å². The minimum atomic E-state index is -1.01. The van der Waals surface area contributed by atoms with Gasteiger partial charge in [0.05, 0.1) is 22.0 Å². The van der Waals surface area contributed by atoms with Gasteiger partial charge in [0.2, 0.25) is 0 Å². The number of carboxylic acids is 1. The maximum absolute atomic E-state index is 14.4. The minimum absolute atomic E-state index is 0.167.